The molecule has 3 rings (SSSR count). The number of aromatic nitrogens is 1. The van der Waals surface area contributed by atoms with Crippen molar-refractivity contribution in [3.05, 3.63) is 29.5 Å². The Morgan fingerprint density at radius 1 is 1.57 bits per heavy atom. The van der Waals surface area contributed by atoms with E-state index in [1.165, 1.54) is 0 Å². The van der Waals surface area contributed by atoms with Crippen molar-refractivity contribution in [1.29, 1.82) is 0 Å². The minimum atomic E-state index is -0.699. The summed E-state index contributed by atoms with van der Waals surface area (Å²) in [5.41, 5.74) is 1.03. The highest BCUT2D eigenvalue weighted by atomic mass is 32.1. The molecule has 1 aliphatic heterocycles. The molecule has 1 saturated heterocycles. The molecule has 0 radical (unpaired) electrons. The Hall–Kier alpha value is -1.66. The molecule has 1 atom stereocenters. The molecule has 0 spiro atoms. The molecular formula is C15H18N2O3S. The van der Waals surface area contributed by atoms with Crippen molar-refractivity contribution in [3.63, 3.8) is 0 Å². The average molecular weight is 306 g/mol. The number of hydrogen-bond acceptors (Lipinski definition) is 5. The van der Waals surface area contributed by atoms with Crippen LogP contribution < -0.4 is 0 Å². The zero-order valence-electron chi connectivity index (χ0n) is 11.7. The molecular weight excluding hydrogens is 288 g/mol. The predicted molar refractivity (Wildman–Crippen MR) is 80.1 cm³/mol. The van der Waals surface area contributed by atoms with E-state index in [0.29, 0.717) is 0 Å². The van der Waals surface area contributed by atoms with Crippen molar-refractivity contribution in [1.82, 2.24) is 9.88 Å². The van der Waals surface area contributed by atoms with Crippen LogP contribution in [0.25, 0.3) is 10.8 Å². The molecule has 0 bridgehead atoms. The van der Waals surface area contributed by atoms with E-state index in [4.69, 9.17) is 9.52 Å². The minimum Gasteiger partial charge on any atom is -0.481 e. The fourth-order valence-electron chi connectivity index (χ4n) is 2.83. The van der Waals surface area contributed by atoms with Crippen molar-refractivity contribution >= 4 is 17.3 Å². The van der Waals surface area contributed by atoms with Gasteiger partial charge in [0.15, 0.2) is 10.8 Å². The first-order valence-corrected chi connectivity index (χ1v) is 8.01. The van der Waals surface area contributed by atoms with Crippen molar-refractivity contribution < 1.29 is 14.3 Å². The fourth-order valence-corrected chi connectivity index (χ4v) is 3.61. The monoisotopic (exact) mass is 306 g/mol. The fraction of sp³-hybridized carbons (Fsp3) is 0.467. The molecule has 5 nitrogen and oxygen atoms in total. The van der Waals surface area contributed by atoms with Gasteiger partial charge < -0.3 is 9.52 Å². The third-order valence-corrected chi connectivity index (χ3v) is 4.64. The summed E-state index contributed by atoms with van der Waals surface area (Å²) in [5, 5.41) is 11.9. The van der Waals surface area contributed by atoms with Crippen LogP contribution in [0.15, 0.2) is 28.2 Å². The number of nitrogens with zero attached hydrogens (tertiary/aromatic N) is 2. The second-order valence-electron chi connectivity index (χ2n) is 5.46. The Morgan fingerprint density at radius 2 is 2.48 bits per heavy atom. The van der Waals surface area contributed by atoms with E-state index in [1.807, 2.05) is 12.1 Å². The van der Waals surface area contributed by atoms with Gasteiger partial charge >= 0.3 is 5.97 Å². The molecule has 1 N–H and O–H groups in total. The maximum atomic E-state index is 10.8. The van der Waals surface area contributed by atoms with Gasteiger partial charge in [-0.3, -0.25) is 9.69 Å². The van der Waals surface area contributed by atoms with Gasteiger partial charge in [0.2, 0.25) is 0 Å². The van der Waals surface area contributed by atoms with E-state index >= 15 is 0 Å². The molecule has 1 aliphatic rings. The van der Waals surface area contributed by atoms with E-state index in [-0.39, 0.29) is 12.3 Å². The summed E-state index contributed by atoms with van der Waals surface area (Å²) < 4.78 is 5.35. The summed E-state index contributed by atoms with van der Waals surface area (Å²) in [6.45, 7) is 2.65. The van der Waals surface area contributed by atoms with Gasteiger partial charge in [-0.05, 0) is 37.4 Å². The molecule has 1 fully saturated rings. The topological polar surface area (TPSA) is 66.6 Å². The Balaban J connectivity index is 1.60. The molecule has 3 heterocycles. The number of carbonyl (C=O) groups is 1. The van der Waals surface area contributed by atoms with Gasteiger partial charge in [-0.15, -0.1) is 11.3 Å². The maximum Gasteiger partial charge on any atom is 0.303 e. The summed E-state index contributed by atoms with van der Waals surface area (Å²) in [6, 6.07) is 3.77. The minimum absolute atomic E-state index is 0.263. The number of furan rings is 1. The summed E-state index contributed by atoms with van der Waals surface area (Å²) in [4.78, 5) is 17.7. The van der Waals surface area contributed by atoms with E-state index in [1.54, 1.807) is 17.6 Å². The summed E-state index contributed by atoms with van der Waals surface area (Å²) in [5.74, 6) is 0.365. The number of rotatable bonds is 5. The number of carboxylic acids is 1. The molecule has 112 valence electrons. The maximum absolute atomic E-state index is 10.8. The number of hydrogen-bond donors (Lipinski definition) is 1. The average Bonchev–Trinajstić information content (AvgIpc) is 3.08. The summed E-state index contributed by atoms with van der Waals surface area (Å²) in [6.07, 6.45) is 3.99. The van der Waals surface area contributed by atoms with Gasteiger partial charge in [0.1, 0.15) is 0 Å². The lowest BCUT2D eigenvalue weighted by molar-refractivity contribution is -0.138. The quantitative estimate of drug-likeness (QED) is 0.919. The predicted octanol–water partition coefficient (Wildman–Crippen LogP) is 3.09. The molecule has 0 aliphatic carbocycles. The van der Waals surface area contributed by atoms with Crippen LogP contribution in [-0.4, -0.2) is 34.0 Å². The van der Waals surface area contributed by atoms with E-state index in [0.717, 1.165) is 48.9 Å². The van der Waals surface area contributed by atoms with Crippen LogP contribution in [0.3, 0.4) is 0 Å². The third-order valence-electron chi connectivity index (χ3n) is 3.74. The molecule has 0 amide bonds. The van der Waals surface area contributed by atoms with Crippen LogP contribution in [0, 0.1) is 5.92 Å². The standard InChI is InChI=1S/C15H18N2O3S/c18-14(19)7-11-3-1-5-17(8-11)9-12-10-21-15(16-12)13-4-2-6-20-13/h2,4,6,10-11H,1,3,5,7-9H2,(H,18,19). The lowest BCUT2D eigenvalue weighted by atomic mass is 9.95. The van der Waals surface area contributed by atoms with E-state index in [9.17, 15) is 4.79 Å². The number of likely N-dealkylation sites (tertiary alicyclic amines) is 1. The van der Waals surface area contributed by atoms with Crippen LogP contribution in [-0.2, 0) is 11.3 Å². The lowest BCUT2D eigenvalue weighted by Crippen LogP contribution is -2.35. The second-order valence-corrected chi connectivity index (χ2v) is 6.32. The summed E-state index contributed by atoms with van der Waals surface area (Å²) >= 11 is 1.58. The van der Waals surface area contributed by atoms with Gasteiger partial charge in [-0.1, -0.05) is 0 Å². The number of carboxylic acid groups (broad SMARTS) is 1. The normalized spacial score (nSPS) is 19.7. The first-order valence-electron chi connectivity index (χ1n) is 7.13. The van der Waals surface area contributed by atoms with Crippen LogP contribution in [0.4, 0.5) is 0 Å². The van der Waals surface area contributed by atoms with Crippen LogP contribution in [0.1, 0.15) is 25.0 Å². The number of thiazole rings is 1. The van der Waals surface area contributed by atoms with Crippen molar-refractivity contribution in [3.8, 4) is 10.8 Å². The molecule has 2 aromatic heterocycles. The molecule has 6 heteroatoms. The van der Waals surface area contributed by atoms with Crippen LogP contribution >= 0.6 is 11.3 Å². The Kier molecular flexibility index (Phi) is 4.36. The van der Waals surface area contributed by atoms with E-state index in [2.05, 4.69) is 15.3 Å². The molecule has 0 saturated carbocycles. The van der Waals surface area contributed by atoms with Gasteiger partial charge in [0.25, 0.3) is 0 Å². The largest absolute Gasteiger partial charge is 0.481 e. The van der Waals surface area contributed by atoms with Crippen molar-refractivity contribution in [2.24, 2.45) is 5.92 Å². The lowest BCUT2D eigenvalue weighted by Gasteiger charge is -2.31. The summed E-state index contributed by atoms with van der Waals surface area (Å²) in [7, 11) is 0. The van der Waals surface area contributed by atoms with E-state index < -0.39 is 5.97 Å². The van der Waals surface area contributed by atoms with Gasteiger partial charge in [-0.25, -0.2) is 4.98 Å². The third kappa shape index (κ3) is 3.71. The van der Waals surface area contributed by atoms with Crippen LogP contribution in [0.5, 0.6) is 0 Å². The zero-order chi connectivity index (χ0) is 14.7. The van der Waals surface area contributed by atoms with Crippen molar-refractivity contribution in [2.45, 2.75) is 25.8 Å². The first kappa shape index (κ1) is 14.3. The Morgan fingerprint density at radius 3 is 3.24 bits per heavy atom. The molecule has 1 unspecified atom stereocenters. The highest BCUT2D eigenvalue weighted by Gasteiger charge is 2.22. The molecule has 0 aromatic carbocycles. The number of piperidine rings is 1. The highest BCUT2D eigenvalue weighted by Crippen LogP contribution is 2.26. The zero-order valence-corrected chi connectivity index (χ0v) is 12.5. The highest BCUT2D eigenvalue weighted by molar-refractivity contribution is 7.13. The van der Waals surface area contributed by atoms with Gasteiger partial charge in [-0.2, -0.15) is 0 Å². The first-order chi connectivity index (χ1) is 10.2. The Bertz CT molecular complexity index is 594. The number of aliphatic carboxylic acids is 1. The SMILES string of the molecule is O=C(O)CC1CCCN(Cc2csc(-c3ccco3)n2)C1. The molecule has 21 heavy (non-hydrogen) atoms. The van der Waals surface area contributed by atoms with Crippen molar-refractivity contribution in [2.75, 3.05) is 13.1 Å². The van der Waals surface area contributed by atoms with Gasteiger partial charge in [0, 0.05) is 24.9 Å². The van der Waals surface area contributed by atoms with Gasteiger partial charge in [0.05, 0.1) is 12.0 Å². The Labute approximate surface area is 127 Å². The molecule has 2 aromatic rings. The second kappa shape index (κ2) is 6.41. The smallest absolute Gasteiger partial charge is 0.303 e. The van der Waals surface area contributed by atoms with Crippen LogP contribution in [0.2, 0.25) is 0 Å².